The molecule has 3 aromatic carbocycles. The van der Waals surface area contributed by atoms with Gasteiger partial charge in [-0.1, -0.05) is 18.2 Å². The number of halogens is 4. The van der Waals surface area contributed by atoms with Crippen LogP contribution in [0.25, 0.3) is 0 Å². The normalized spacial score (nSPS) is 13.2. The summed E-state index contributed by atoms with van der Waals surface area (Å²) >= 11 is 5.48. The van der Waals surface area contributed by atoms with Gasteiger partial charge in [0.2, 0.25) is 0 Å². The Labute approximate surface area is 191 Å². The van der Waals surface area contributed by atoms with Crippen LogP contribution in [0.3, 0.4) is 0 Å². The van der Waals surface area contributed by atoms with Gasteiger partial charge in [-0.3, -0.25) is 5.01 Å². The number of rotatable bonds is 5. The van der Waals surface area contributed by atoms with Crippen LogP contribution in [0.4, 0.5) is 28.9 Å². The Kier molecular flexibility index (Phi) is 6.33. The number of hydrazine groups is 3. The number of hydrogen-bond acceptors (Lipinski definition) is 6. The lowest BCUT2D eigenvalue weighted by Crippen LogP contribution is -2.53. The smallest absolute Gasteiger partial charge is 0.430 e. The Hall–Kier alpha value is -3.83. The van der Waals surface area contributed by atoms with Crippen molar-refractivity contribution in [2.24, 2.45) is 0 Å². The van der Waals surface area contributed by atoms with Crippen LogP contribution in [0.1, 0.15) is 0 Å². The molecule has 6 nitrogen and oxygen atoms in total. The third-order valence-corrected chi connectivity index (χ3v) is 4.58. The molecule has 3 aromatic rings. The second-order valence-corrected chi connectivity index (χ2v) is 6.97. The number of para-hydroxylation sites is 1. The molecule has 0 aliphatic carbocycles. The topological polar surface area (TPSA) is 40.2 Å². The number of thiocarbonyl (C=S) groups is 1. The van der Waals surface area contributed by atoms with Crippen LogP contribution in [-0.4, -0.2) is 16.7 Å². The van der Waals surface area contributed by atoms with Crippen molar-refractivity contribution in [3.05, 3.63) is 97.1 Å². The molecule has 1 N–H and O–H groups in total. The molecule has 0 aromatic heterocycles. The number of nitrogens with one attached hydrogen (secondary N) is 1. The molecule has 1 aliphatic heterocycles. The maximum atomic E-state index is 13.2. The highest BCUT2D eigenvalue weighted by Crippen LogP contribution is 2.27. The molecule has 0 amide bonds. The van der Waals surface area contributed by atoms with Crippen molar-refractivity contribution in [2.75, 3.05) is 10.0 Å². The van der Waals surface area contributed by atoms with Gasteiger partial charge in [0.25, 0.3) is 5.17 Å². The van der Waals surface area contributed by atoms with E-state index in [1.807, 2.05) is 30.3 Å². The fourth-order valence-corrected chi connectivity index (χ4v) is 3.19. The van der Waals surface area contributed by atoms with Gasteiger partial charge in [0.15, 0.2) is 0 Å². The van der Waals surface area contributed by atoms with Gasteiger partial charge >= 0.3 is 6.36 Å². The molecule has 0 atom stereocenters. The summed E-state index contributed by atoms with van der Waals surface area (Å²) in [5.74, 6) is -0.381. The van der Waals surface area contributed by atoms with Crippen LogP contribution < -0.4 is 25.0 Å². The quantitative estimate of drug-likeness (QED) is 0.384. The molecule has 0 radical (unpaired) electrons. The van der Waals surface area contributed by atoms with Gasteiger partial charge in [-0.05, 0) is 72.9 Å². The highest BCUT2D eigenvalue weighted by molar-refractivity contribution is 7.80. The second kappa shape index (κ2) is 9.35. The van der Waals surface area contributed by atoms with E-state index in [1.54, 1.807) is 22.4 Å². The maximum Gasteiger partial charge on any atom is 0.573 e. The van der Waals surface area contributed by atoms with E-state index in [4.69, 9.17) is 17.0 Å². The van der Waals surface area contributed by atoms with E-state index in [-0.39, 0.29) is 10.9 Å². The van der Waals surface area contributed by atoms with E-state index < -0.39 is 12.2 Å². The van der Waals surface area contributed by atoms with Crippen molar-refractivity contribution < 1.29 is 27.0 Å². The van der Waals surface area contributed by atoms with Crippen LogP contribution >= 0.6 is 12.2 Å². The summed E-state index contributed by atoms with van der Waals surface area (Å²) in [4.78, 5) is 0. The van der Waals surface area contributed by atoms with E-state index in [0.29, 0.717) is 17.1 Å². The third kappa shape index (κ3) is 5.70. The van der Waals surface area contributed by atoms with E-state index in [1.165, 1.54) is 53.6 Å². The zero-order chi connectivity index (χ0) is 23.4. The fourth-order valence-electron chi connectivity index (χ4n) is 2.90. The van der Waals surface area contributed by atoms with Gasteiger partial charge in [0.05, 0.1) is 17.6 Å². The summed E-state index contributed by atoms with van der Waals surface area (Å²) < 4.78 is 60.0. The number of ether oxygens (including phenoxy) is 2. The summed E-state index contributed by atoms with van der Waals surface area (Å²) in [5.41, 5.74) is 4.25. The van der Waals surface area contributed by atoms with E-state index in [2.05, 4.69) is 10.3 Å². The molecule has 0 unspecified atom stereocenters. The first-order chi connectivity index (χ1) is 15.8. The van der Waals surface area contributed by atoms with E-state index in [9.17, 15) is 17.6 Å². The minimum absolute atomic E-state index is 0.0423. The second-order valence-electron chi connectivity index (χ2n) is 6.62. The van der Waals surface area contributed by atoms with Crippen LogP contribution in [0, 0.1) is 5.82 Å². The molecule has 1 heterocycles. The molecule has 33 heavy (non-hydrogen) atoms. The molecule has 170 valence electrons. The van der Waals surface area contributed by atoms with Crippen LogP contribution in [0.15, 0.2) is 91.3 Å². The molecular weight excluding hydrogens is 460 g/mol. The number of anilines is 2. The molecule has 1 aliphatic rings. The highest BCUT2D eigenvalue weighted by atomic mass is 32.1. The fraction of sp³-hybridized carbons (Fsp3) is 0.0455. The van der Waals surface area contributed by atoms with Crippen molar-refractivity contribution in [3.8, 4) is 11.5 Å². The van der Waals surface area contributed by atoms with Gasteiger partial charge in [-0.25, -0.2) is 4.39 Å². The number of benzene rings is 3. The first-order valence-electron chi connectivity index (χ1n) is 9.50. The maximum absolute atomic E-state index is 13.2. The lowest BCUT2D eigenvalue weighted by atomic mass is 10.3. The molecule has 0 spiro atoms. The van der Waals surface area contributed by atoms with Gasteiger partial charge in [-0.15, -0.1) is 18.7 Å². The zero-order valence-corrected chi connectivity index (χ0v) is 17.6. The van der Waals surface area contributed by atoms with Crippen molar-refractivity contribution in [1.29, 1.82) is 0 Å². The summed E-state index contributed by atoms with van der Waals surface area (Å²) in [6.45, 7) is 0. The Morgan fingerprint density at radius 3 is 2.12 bits per heavy atom. The zero-order valence-electron chi connectivity index (χ0n) is 16.7. The molecule has 11 heteroatoms. The molecule has 0 fully saturated rings. The Morgan fingerprint density at radius 2 is 1.48 bits per heavy atom. The number of alkyl halides is 3. The average molecular weight is 476 g/mol. The molecular formula is C22H16F4N4O2S. The monoisotopic (exact) mass is 476 g/mol. The third-order valence-electron chi connectivity index (χ3n) is 4.32. The van der Waals surface area contributed by atoms with Crippen molar-refractivity contribution in [2.45, 2.75) is 6.36 Å². The van der Waals surface area contributed by atoms with Gasteiger partial charge < -0.3 is 9.47 Å². The number of nitrogens with zero attached hydrogens (tertiary/aromatic N) is 3. The van der Waals surface area contributed by atoms with Crippen molar-refractivity contribution in [3.63, 3.8) is 0 Å². The van der Waals surface area contributed by atoms with Crippen molar-refractivity contribution >= 4 is 28.8 Å². The predicted molar refractivity (Wildman–Crippen MR) is 118 cm³/mol. The van der Waals surface area contributed by atoms with Gasteiger partial charge in [-0.2, -0.15) is 10.1 Å². The molecule has 0 saturated carbocycles. The lowest BCUT2D eigenvalue weighted by molar-refractivity contribution is -0.274. The molecule has 0 bridgehead atoms. The van der Waals surface area contributed by atoms with E-state index in [0.717, 1.165) is 0 Å². The standard InChI is InChI=1S/C22H16F4N4O2S/c23-16-6-10-19(11-7-16)31-21(33)30(18-4-2-1-3-5-18)29-15-14-28(27-29)17-8-12-20(13-9-17)32-22(24,25)26/h1-15,27H. The minimum atomic E-state index is -4.76. The number of hydrogen-bond donors (Lipinski definition) is 1. The predicted octanol–water partition coefficient (Wildman–Crippen LogP) is 5.52. The van der Waals surface area contributed by atoms with E-state index >= 15 is 0 Å². The first-order valence-corrected chi connectivity index (χ1v) is 9.91. The highest BCUT2D eigenvalue weighted by Gasteiger charge is 2.31. The van der Waals surface area contributed by atoms with Crippen LogP contribution in [-0.2, 0) is 0 Å². The van der Waals surface area contributed by atoms with Crippen LogP contribution in [0.5, 0.6) is 11.5 Å². The average Bonchev–Trinajstić information content (AvgIpc) is 3.25. The van der Waals surface area contributed by atoms with Crippen LogP contribution in [0.2, 0.25) is 0 Å². The lowest BCUT2D eigenvalue weighted by Gasteiger charge is -2.33. The summed E-state index contributed by atoms with van der Waals surface area (Å²) in [6.07, 6.45) is -1.47. The first kappa shape index (κ1) is 22.4. The van der Waals surface area contributed by atoms with Gasteiger partial charge in [0, 0.05) is 6.20 Å². The van der Waals surface area contributed by atoms with Gasteiger partial charge in [0.1, 0.15) is 17.3 Å². The Balaban J connectivity index is 1.51. The Bertz CT molecular complexity index is 1130. The summed E-state index contributed by atoms with van der Waals surface area (Å²) in [7, 11) is 0. The largest absolute Gasteiger partial charge is 0.573 e. The minimum Gasteiger partial charge on any atom is -0.430 e. The SMILES string of the molecule is Fc1ccc(OC(=S)N(c2ccccc2)N2C=CN(c3ccc(OC(F)(F)F)cc3)N2)cc1. The summed E-state index contributed by atoms with van der Waals surface area (Å²) in [5, 5.41) is 4.69. The molecule has 0 saturated heterocycles. The van der Waals surface area contributed by atoms with Crippen molar-refractivity contribution in [1.82, 2.24) is 10.7 Å². The summed E-state index contributed by atoms with van der Waals surface area (Å²) in [6, 6.07) is 19.8. The Morgan fingerprint density at radius 1 is 0.848 bits per heavy atom. The molecule has 4 rings (SSSR count).